The first-order chi connectivity index (χ1) is 12.1. The van der Waals surface area contributed by atoms with E-state index in [9.17, 15) is 9.59 Å². The molecule has 1 N–H and O–H groups in total. The number of nitrogens with zero attached hydrogens (tertiary/aromatic N) is 2. The molecule has 0 saturated carbocycles. The molecule has 2 atom stereocenters. The van der Waals surface area contributed by atoms with Gasteiger partial charge in [0.25, 0.3) is 0 Å². The number of rotatable bonds is 3. The first-order valence-corrected chi connectivity index (χ1v) is 8.55. The Balaban J connectivity index is 1.99. The Morgan fingerprint density at radius 3 is 2.76 bits per heavy atom. The number of morpholine rings is 1. The van der Waals surface area contributed by atoms with Gasteiger partial charge in [0.15, 0.2) is 5.92 Å². The number of hydrogen-bond acceptors (Lipinski definition) is 6. The molecule has 2 heterocycles. The average Bonchev–Trinajstić information content (AvgIpc) is 2.62. The van der Waals surface area contributed by atoms with Gasteiger partial charge in [0.05, 0.1) is 19.8 Å². The zero-order valence-electron chi connectivity index (χ0n) is 14.5. The van der Waals surface area contributed by atoms with Crippen molar-refractivity contribution in [3.8, 4) is 0 Å². The van der Waals surface area contributed by atoms with E-state index in [1.165, 1.54) is 0 Å². The lowest BCUT2D eigenvalue weighted by Gasteiger charge is -2.35. The Hall–Kier alpha value is -2.41. The molecule has 1 aromatic carbocycles. The number of hydrogen-bond donors (Lipinski definition) is 1. The maximum Gasteiger partial charge on any atom is 0.321 e. The molecule has 1 fully saturated rings. The Morgan fingerprint density at radius 1 is 1.36 bits per heavy atom. The Labute approximate surface area is 147 Å². The van der Waals surface area contributed by atoms with E-state index in [2.05, 4.69) is 5.32 Å². The molecule has 25 heavy (non-hydrogen) atoms. The minimum absolute atomic E-state index is 0.225. The largest absolute Gasteiger partial charge is 0.465 e. The van der Waals surface area contributed by atoms with Crippen LogP contribution in [0.1, 0.15) is 24.1 Å². The fraction of sp³-hybridized carbons (Fsp3) is 0.500. The summed E-state index contributed by atoms with van der Waals surface area (Å²) in [6, 6.07) is 7.08. The Kier molecular flexibility index (Phi) is 5.33. The van der Waals surface area contributed by atoms with Gasteiger partial charge in [-0.1, -0.05) is 24.3 Å². The van der Waals surface area contributed by atoms with Crippen LogP contribution in [0.15, 0.2) is 29.3 Å². The minimum Gasteiger partial charge on any atom is -0.465 e. The number of benzene rings is 1. The number of nitrogens with one attached hydrogen (secondary N) is 1. The van der Waals surface area contributed by atoms with Gasteiger partial charge in [-0.2, -0.15) is 0 Å². The number of guanidine groups is 1. The quantitative estimate of drug-likeness (QED) is 0.654. The van der Waals surface area contributed by atoms with Crippen molar-refractivity contribution in [2.24, 2.45) is 10.9 Å². The molecule has 0 radical (unpaired) electrons. The summed E-state index contributed by atoms with van der Waals surface area (Å²) in [7, 11) is 0. The van der Waals surface area contributed by atoms with Crippen LogP contribution in [0.2, 0.25) is 0 Å². The van der Waals surface area contributed by atoms with Crippen molar-refractivity contribution >= 4 is 17.8 Å². The molecule has 7 heteroatoms. The van der Waals surface area contributed by atoms with Crippen molar-refractivity contribution in [3.05, 3.63) is 35.4 Å². The second-order valence-corrected chi connectivity index (χ2v) is 6.07. The molecule has 0 aliphatic carbocycles. The maximum absolute atomic E-state index is 12.7. The SMILES string of the molecule is CCOC(=O)[C@@H]1C(=O)NC(N2CCOCC2)=N[C@@H]1c1ccccc1C. The monoisotopic (exact) mass is 345 g/mol. The van der Waals surface area contributed by atoms with Crippen molar-refractivity contribution < 1.29 is 19.1 Å². The van der Waals surface area contributed by atoms with Crippen LogP contribution >= 0.6 is 0 Å². The number of aliphatic imine (C=N–C) groups is 1. The summed E-state index contributed by atoms with van der Waals surface area (Å²) in [4.78, 5) is 31.8. The normalized spacial score (nSPS) is 23.7. The first kappa shape index (κ1) is 17.4. The molecule has 1 amide bonds. The van der Waals surface area contributed by atoms with E-state index in [4.69, 9.17) is 14.5 Å². The number of carbonyl (C=O) groups excluding carboxylic acids is 2. The molecule has 1 aromatic rings. The minimum atomic E-state index is -0.981. The summed E-state index contributed by atoms with van der Waals surface area (Å²) < 4.78 is 10.5. The molecule has 3 rings (SSSR count). The number of amides is 1. The number of ether oxygens (including phenoxy) is 2. The third kappa shape index (κ3) is 3.66. The molecule has 2 aliphatic rings. The van der Waals surface area contributed by atoms with Gasteiger partial charge in [-0.25, -0.2) is 4.99 Å². The summed E-state index contributed by atoms with van der Waals surface area (Å²) in [5.41, 5.74) is 1.85. The van der Waals surface area contributed by atoms with Crippen LogP contribution < -0.4 is 5.32 Å². The molecule has 7 nitrogen and oxygen atoms in total. The molecular weight excluding hydrogens is 322 g/mol. The van der Waals surface area contributed by atoms with Gasteiger partial charge in [-0.05, 0) is 25.0 Å². The standard InChI is InChI=1S/C18H23N3O4/c1-3-25-17(23)14-15(13-7-5-4-6-12(13)2)19-18(20-16(14)22)21-8-10-24-11-9-21/h4-7,14-15H,3,8-11H2,1-2H3,(H,19,20,22)/t14-,15+/m0/s1. The van der Waals surface area contributed by atoms with E-state index < -0.39 is 17.9 Å². The van der Waals surface area contributed by atoms with Crippen molar-refractivity contribution in [2.45, 2.75) is 19.9 Å². The van der Waals surface area contributed by atoms with Crippen LogP contribution in [0.4, 0.5) is 0 Å². The molecule has 0 spiro atoms. The molecule has 0 bridgehead atoms. The summed E-state index contributed by atoms with van der Waals surface area (Å²) in [6.07, 6.45) is 0. The molecule has 1 saturated heterocycles. The maximum atomic E-state index is 12.7. The van der Waals surface area contributed by atoms with E-state index in [-0.39, 0.29) is 12.5 Å². The third-order valence-corrected chi connectivity index (χ3v) is 4.45. The lowest BCUT2D eigenvalue weighted by Crippen LogP contribution is -2.55. The molecule has 0 aromatic heterocycles. The summed E-state index contributed by atoms with van der Waals surface area (Å²) in [5, 5.41) is 2.78. The van der Waals surface area contributed by atoms with Crippen LogP contribution in [0, 0.1) is 12.8 Å². The summed E-state index contributed by atoms with van der Waals surface area (Å²) in [6.45, 7) is 6.39. The zero-order chi connectivity index (χ0) is 17.8. The van der Waals surface area contributed by atoms with Crippen molar-refractivity contribution in [1.29, 1.82) is 0 Å². The fourth-order valence-corrected chi connectivity index (χ4v) is 3.14. The van der Waals surface area contributed by atoms with Gasteiger partial charge in [0.1, 0.15) is 6.04 Å². The van der Waals surface area contributed by atoms with E-state index in [0.29, 0.717) is 32.3 Å². The van der Waals surface area contributed by atoms with Gasteiger partial charge in [0.2, 0.25) is 11.9 Å². The highest BCUT2D eigenvalue weighted by atomic mass is 16.5. The third-order valence-electron chi connectivity index (χ3n) is 4.45. The second kappa shape index (κ2) is 7.65. The van der Waals surface area contributed by atoms with Crippen molar-refractivity contribution in [3.63, 3.8) is 0 Å². The topological polar surface area (TPSA) is 80.2 Å². The Morgan fingerprint density at radius 2 is 2.08 bits per heavy atom. The van der Waals surface area contributed by atoms with E-state index in [0.717, 1.165) is 11.1 Å². The van der Waals surface area contributed by atoms with Gasteiger partial charge in [-0.15, -0.1) is 0 Å². The van der Waals surface area contributed by atoms with Crippen LogP contribution in [0.5, 0.6) is 0 Å². The van der Waals surface area contributed by atoms with E-state index in [1.54, 1.807) is 6.92 Å². The zero-order valence-corrected chi connectivity index (χ0v) is 14.5. The Bertz CT molecular complexity index is 683. The van der Waals surface area contributed by atoms with E-state index in [1.807, 2.05) is 36.1 Å². The fourth-order valence-electron chi connectivity index (χ4n) is 3.14. The van der Waals surface area contributed by atoms with E-state index >= 15 is 0 Å². The lowest BCUT2D eigenvalue weighted by atomic mass is 9.89. The molecule has 0 unspecified atom stereocenters. The van der Waals surface area contributed by atoms with Crippen molar-refractivity contribution in [2.75, 3.05) is 32.9 Å². The predicted octanol–water partition coefficient (Wildman–Crippen LogP) is 1.03. The highest BCUT2D eigenvalue weighted by Crippen LogP contribution is 2.32. The first-order valence-electron chi connectivity index (χ1n) is 8.55. The number of esters is 1. The highest BCUT2D eigenvalue weighted by Gasteiger charge is 2.42. The van der Waals surface area contributed by atoms with Crippen LogP contribution in [0.25, 0.3) is 0 Å². The molecule has 2 aliphatic heterocycles. The van der Waals surface area contributed by atoms with Gasteiger partial charge in [0, 0.05) is 13.1 Å². The summed E-state index contributed by atoms with van der Waals surface area (Å²) >= 11 is 0. The average molecular weight is 345 g/mol. The summed E-state index contributed by atoms with van der Waals surface area (Å²) in [5.74, 6) is -1.39. The highest BCUT2D eigenvalue weighted by molar-refractivity contribution is 6.08. The number of carbonyl (C=O) groups is 2. The molecular formula is C18H23N3O4. The number of aryl methyl sites for hydroxylation is 1. The van der Waals surface area contributed by atoms with Crippen LogP contribution in [0.3, 0.4) is 0 Å². The van der Waals surface area contributed by atoms with Gasteiger partial charge in [-0.3, -0.25) is 14.9 Å². The van der Waals surface area contributed by atoms with Crippen molar-refractivity contribution in [1.82, 2.24) is 10.2 Å². The van der Waals surface area contributed by atoms with Gasteiger partial charge >= 0.3 is 5.97 Å². The van der Waals surface area contributed by atoms with Crippen LogP contribution in [-0.2, 0) is 19.1 Å². The van der Waals surface area contributed by atoms with Crippen LogP contribution in [-0.4, -0.2) is 55.6 Å². The predicted molar refractivity (Wildman–Crippen MR) is 92.0 cm³/mol. The molecule has 134 valence electrons. The smallest absolute Gasteiger partial charge is 0.321 e. The van der Waals surface area contributed by atoms with Gasteiger partial charge < -0.3 is 14.4 Å². The lowest BCUT2D eigenvalue weighted by molar-refractivity contribution is -0.153. The second-order valence-electron chi connectivity index (χ2n) is 6.07.